The topological polar surface area (TPSA) is 98.0 Å². The van der Waals surface area contributed by atoms with Crippen LogP contribution in [-0.2, 0) is 4.79 Å². The molecule has 0 heterocycles. The average Bonchev–Trinajstić information content (AvgIpc) is 2.76. The van der Waals surface area contributed by atoms with Crippen LogP contribution in [-0.4, -0.2) is 51.6 Å². The van der Waals surface area contributed by atoms with Crippen molar-refractivity contribution < 1.29 is 25.2 Å². The maximum atomic E-state index is 12.3. The van der Waals surface area contributed by atoms with Gasteiger partial charge in [0.05, 0.1) is 35.7 Å². The molecule has 0 aromatic heterocycles. The third kappa shape index (κ3) is 2.99. The second-order valence-electron chi connectivity index (χ2n) is 15.0. The van der Waals surface area contributed by atoms with E-state index < -0.39 is 29.1 Å². The summed E-state index contributed by atoms with van der Waals surface area (Å²) < 4.78 is 0. The molecule has 0 radical (unpaired) electrons. The third-order valence-electron chi connectivity index (χ3n) is 13.1. The first kappa shape index (κ1) is 25.9. The highest BCUT2D eigenvalue weighted by molar-refractivity contribution is 5.61. The molecule has 198 valence electrons. The van der Waals surface area contributed by atoms with Crippen LogP contribution in [0, 0.1) is 50.2 Å². The van der Waals surface area contributed by atoms with Crippen LogP contribution in [0.2, 0.25) is 0 Å². The first-order valence-corrected chi connectivity index (χ1v) is 14.0. The molecule has 4 fully saturated rings. The van der Waals surface area contributed by atoms with Gasteiger partial charge in [0, 0.05) is 0 Å². The van der Waals surface area contributed by atoms with Crippen molar-refractivity contribution in [3.8, 4) is 0 Å². The van der Waals surface area contributed by atoms with Crippen LogP contribution in [0.1, 0.15) is 92.9 Å². The molecule has 5 aliphatic carbocycles. The van der Waals surface area contributed by atoms with Gasteiger partial charge in [0.15, 0.2) is 0 Å². The van der Waals surface area contributed by atoms with E-state index in [0.717, 1.165) is 38.4 Å². The largest absolute Gasteiger partial charge is 0.396 e. The van der Waals surface area contributed by atoms with Crippen molar-refractivity contribution in [2.45, 2.75) is 111 Å². The Hall–Kier alpha value is -0.750. The van der Waals surface area contributed by atoms with Gasteiger partial charge >= 0.3 is 0 Å². The van der Waals surface area contributed by atoms with E-state index in [0.29, 0.717) is 25.2 Å². The van der Waals surface area contributed by atoms with Gasteiger partial charge in [0.2, 0.25) is 0 Å². The second kappa shape index (κ2) is 7.65. The number of carbonyl (C=O) groups is 1. The second-order valence-corrected chi connectivity index (χ2v) is 15.0. The first-order chi connectivity index (χ1) is 16.2. The van der Waals surface area contributed by atoms with Crippen molar-refractivity contribution in [1.82, 2.24) is 0 Å². The lowest BCUT2D eigenvalue weighted by atomic mass is 9.33. The van der Waals surface area contributed by atoms with Crippen LogP contribution in [0.25, 0.3) is 0 Å². The third-order valence-corrected chi connectivity index (χ3v) is 13.1. The van der Waals surface area contributed by atoms with Gasteiger partial charge in [-0.25, -0.2) is 0 Å². The number of allylic oxidation sites excluding steroid dienone is 2. The van der Waals surface area contributed by atoms with Crippen LogP contribution < -0.4 is 0 Å². The summed E-state index contributed by atoms with van der Waals surface area (Å²) in [6.07, 6.45) is 7.72. The number of hydrogen-bond acceptors (Lipinski definition) is 5. The Morgan fingerprint density at radius 2 is 1.54 bits per heavy atom. The fraction of sp³-hybridized carbons (Fsp3) is 0.900. The van der Waals surface area contributed by atoms with Crippen molar-refractivity contribution in [3.05, 3.63) is 11.6 Å². The summed E-state index contributed by atoms with van der Waals surface area (Å²) >= 11 is 0. The minimum atomic E-state index is -0.893. The molecule has 0 unspecified atom stereocenters. The van der Waals surface area contributed by atoms with Crippen LogP contribution in [0.3, 0.4) is 0 Å². The predicted octanol–water partition coefficient (Wildman–Crippen LogP) is 4.26. The molecule has 0 aromatic rings. The molecule has 4 N–H and O–H groups in total. The Balaban J connectivity index is 1.63. The van der Waals surface area contributed by atoms with E-state index >= 15 is 0 Å². The molecular formula is C30H48O5. The van der Waals surface area contributed by atoms with Crippen molar-refractivity contribution in [3.63, 3.8) is 0 Å². The zero-order valence-corrected chi connectivity index (χ0v) is 22.7. The molecule has 5 heteroatoms. The minimum absolute atomic E-state index is 0.0447. The number of rotatable bonds is 2. The maximum absolute atomic E-state index is 12.3. The smallest absolute Gasteiger partial charge is 0.128 e. The van der Waals surface area contributed by atoms with Crippen LogP contribution in [0.5, 0.6) is 0 Å². The average molecular weight is 489 g/mol. The standard InChI is InChI=1S/C30H48O5/c1-25(2)13-19-18-7-8-21-26(3)11-10-22(33)27(4,16-31)20(26)9-12-28(21,5)29(18,6)15-24(35)30(19,17-32)23(34)14-25/h7,16,19-24,32-35H,8-15,17H2,1-6H3/t19-,20+,21+,22+,23-,24+,26+,27-,28+,29-,30-/m1/s1. The van der Waals surface area contributed by atoms with Gasteiger partial charge < -0.3 is 25.2 Å². The maximum Gasteiger partial charge on any atom is 0.128 e. The van der Waals surface area contributed by atoms with E-state index in [-0.39, 0.29) is 40.1 Å². The van der Waals surface area contributed by atoms with E-state index in [1.165, 1.54) is 5.57 Å². The van der Waals surface area contributed by atoms with Gasteiger partial charge in [-0.05, 0) is 90.8 Å². The molecule has 0 aromatic carbocycles. The van der Waals surface area contributed by atoms with Crippen LogP contribution >= 0.6 is 0 Å². The molecule has 5 rings (SSSR count). The van der Waals surface area contributed by atoms with Gasteiger partial charge in [-0.15, -0.1) is 0 Å². The van der Waals surface area contributed by atoms with E-state index in [1.807, 2.05) is 6.92 Å². The monoisotopic (exact) mass is 488 g/mol. The summed E-state index contributed by atoms with van der Waals surface area (Å²) in [6.45, 7) is 13.3. The minimum Gasteiger partial charge on any atom is -0.396 e. The molecule has 0 bridgehead atoms. The first-order valence-electron chi connectivity index (χ1n) is 14.0. The number of aliphatic hydroxyl groups is 4. The Kier molecular flexibility index (Phi) is 5.65. The van der Waals surface area contributed by atoms with E-state index in [1.54, 1.807) is 0 Å². The molecule has 5 aliphatic rings. The van der Waals surface area contributed by atoms with E-state index in [4.69, 9.17) is 0 Å². The molecule has 0 aliphatic heterocycles. The Bertz CT molecular complexity index is 928. The highest BCUT2D eigenvalue weighted by Gasteiger charge is 2.71. The zero-order valence-electron chi connectivity index (χ0n) is 22.7. The summed E-state index contributed by atoms with van der Waals surface area (Å²) in [5.74, 6) is 0.453. The normalized spacial score (nSPS) is 57.1. The SMILES string of the molecule is CC1(C)C[C@@H](O)[C@@]2(CO)[C@H](C1)C1=CC[C@H]3[C@@]4(C)CC[C@H](O)[C@](C)(C=O)[C@H]4CC[C@]3(C)[C@]1(C)C[C@@H]2O. The Labute approximate surface area is 211 Å². The molecule has 35 heavy (non-hydrogen) atoms. The molecule has 0 saturated heterocycles. The molecular weight excluding hydrogens is 440 g/mol. The van der Waals surface area contributed by atoms with Crippen molar-refractivity contribution in [1.29, 1.82) is 0 Å². The fourth-order valence-corrected chi connectivity index (χ4v) is 10.8. The highest BCUT2D eigenvalue weighted by Crippen LogP contribution is 2.75. The van der Waals surface area contributed by atoms with Crippen molar-refractivity contribution in [2.24, 2.45) is 50.2 Å². The summed E-state index contributed by atoms with van der Waals surface area (Å²) in [6, 6.07) is 0. The predicted molar refractivity (Wildman–Crippen MR) is 135 cm³/mol. The number of carbonyl (C=O) groups excluding carboxylic acids is 1. The van der Waals surface area contributed by atoms with Gasteiger partial charge in [0.1, 0.15) is 6.29 Å². The lowest BCUT2D eigenvalue weighted by molar-refractivity contribution is -0.233. The number of aliphatic hydroxyl groups excluding tert-OH is 4. The zero-order chi connectivity index (χ0) is 25.8. The molecule has 0 spiro atoms. The molecule has 11 atom stereocenters. The van der Waals surface area contributed by atoms with E-state index in [2.05, 4.69) is 40.7 Å². The van der Waals surface area contributed by atoms with E-state index in [9.17, 15) is 25.2 Å². The van der Waals surface area contributed by atoms with Crippen molar-refractivity contribution >= 4 is 6.29 Å². The summed E-state index contributed by atoms with van der Waals surface area (Å²) in [5.41, 5.74) is -0.691. The van der Waals surface area contributed by atoms with Gasteiger partial charge in [-0.1, -0.05) is 53.2 Å². The number of aldehydes is 1. The summed E-state index contributed by atoms with van der Waals surface area (Å²) in [7, 11) is 0. The fourth-order valence-electron chi connectivity index (χ4n) is 10.8. The van der Waals surface area contributed by atoms with Crippen molar-refractivity contribution in [2.75, 3.05) is 6.61 Å². The lowest BCUT2D eigenvalue weighted by Gasteiger charge is -2.72. The van der Waals surface area contributed by atoms with Gasteiger partial charge in [-0.2, -0.15) is 0 Å². The van der Waals surface area contributed by atoms with Crippen LogP contribution in [0.4, 0.5) is 0 Å². The highest BCUT2D eigenvalue weighted by atomic mass is 16.3. The number of hydrogen-bond donors (Lipinski definition) is 4. The molecule has 0 amide bonds. The van der Waals surface area contributed by atoms with Gasteiger partial charge in [0.25, 0.3) is 0 Å². The molecule has 5 nitrogen and oxygen atoms in total. The van der Waals surface area contributed by atoms with Crippen LogP contribution in [0.15, 0.2) is 11.6 Å². The van der Waals surface area contributed by atoms with Gasteiger partial charge in [-0.3, -0.25) is 0 Å². The molecule has 4 saturated carbocycles. The number of fused-ring (bicyclic) bond motifs is 7. The lowest BCUT2D eigenvalue weighted by Crippen LogP contribution is -2.69. The Morgan fingerprint density at radius 3 is 2.17 bits per heavy atom. The summed E-state index contributed by atoms with van der Waals surface area (Å²) in [4.78, 5) is 12.3. The summed E-state index contributed by atoms with van der Waals surface area (Å²) in [5, 5.41) is 44.6. The quantitative estimate of drug-likeness (QED) is 0.344. The Morgan fingerprint density at radius 1 is 0.886 bits per heavy atom.